The number of hydrogen-bond acceptors (Lipinski definition) is 7. The van der Waals surface area contributed by atoms with Crippen molar-refractivity contribution in [2.45, 2.75) is 31.3 Å². The molecule has 0 unspecified atom stereocenters. The molecule has 0 aromatic carbocycles. The number of carbonyl (C=O) groups is 2. The van der Waals surface area contributed by atoms with E-state index >= 15 is 0 Å². The second-order valence-corrected chi connectivity index (χ2v) is 3.53. The summed E-state index contributed by atoms with van der Waals surface area (Å²) in [7, 11) is 0. The molecule has 5 N–H and O–H groups in total. The van der Waals surface area contributed by atoms with Crippen LogP contribution in [-0.2, 0) is 9.59 Å². The molecule has 0 rings (SSSR count). The molecular formula is C10H16O7. The first-order valence-electron chi connectivity index (χ1n) is 4.86. The fourth-order valence-corrected chi connectivity index (χ4v) is 1.09. The molecule has 0 amide bonds. The van der Waals surface area contributed by atoms with E-state index in [0.717, 1.165) is 6.08 Å². The molecule has 7 nitrogen and oxygen atoms in total. The van der Waals surface area contributed by atoms with E-state index in [-0.39, 0.29) is 5.57 Å². The molecule has 0 spiro atoms. The van der Waals surface area contributed by atoms with E-state index in [1.54, 1.807) is 0 Å². The van der Waals surface area contributed by atoms with Crippen molar-refractivity contribution in [2.24, 2.45) is 0 Å². The lowest BCUT2D eigenvalue weighted by Crippen LogP contribution is -2.48. The van der Waals surface area contributed by atoms with Gasteiger partial charge in [-0.25, -0.2) is 0 Å². The number of Topliss-reactive ketones (excluding diaryl/α,β-unsaturated/α-hetero) is 1. The highest BCUT2D eigenvalue weighted by molar-refractivity contribution is 6.01. The van der Waals surface area contributed by atoms with Gasteiger partial charge in [-0.05, 0) is 18.6 Å². The fraction of sp³-hybridized carbons (Fsp3) is 0.600. The highest BCUT2D eigenvalue weighted by Crippen LogP contribution is 2.09. The van der Waals surface area contributed by atoms with Gasteiger partial charge in [-0.2, -0.15) is 0 Å². The van der Waals surface area contributed by atoms with Crippen LogP contribution in [0.25, 0.3) is 0 Å². The summed E-state index contributed by atoms with van der Waals surface area (Å²) in [6.45, 7) is 0.420. The minimum absolute atomic E-state index is 0.0998. The number of aliphatic hydroxyl groups excluding tert-OH is 5. The summed E-state index contributed by atoms with van der Waals surface area (Å²) < 4.78 is 0. The van der Waals surface area contributed by atoms with Crippen LogP contribution in [-0.4, -0.2) is 68.6 Å². The maximum atomic E-state index is 11.4. The number of rotatable bonds is 7. The Bertz CT molecular complexity index is 299. The maximum absolute atomic E-state index is 11.4. The Balaban J connectivity index is 4.70. The van der Waals surface area contributed by atoms with Gasteiger partial charge in [0.15, 0.2) is 5.78 Å². The predicted molar refractivity (Wildman–Crippen MR) is 55.9 cm³/mol. The van der Waals surface area contributed by atoms with E-state index < -0.39 is 36.8 Å². The van der Waals surface area contributed by atoms with E-state index in [1.165, 1.54) is 6.92 Å². The lowest BCUT2D eigenvalue weighted by molar-refractivity contribution is -0.143. The molecule has 0 radical (unpaired) electrons. The Morgan fingerprint density at radius 1 is 1.18 bits per heavy atom. The van der Waals surface area contributed by atoms with Crippen LogP contribution in [0.4, 0.5) is 0 Å². The Hall–Kier alpha value is -1.12. The first-order chi connectivity index (χ1) is 7.86. The molecule has 0 saturated carbocycles. The Labute approximate surface area is 97.6 Å². The zero-order valence-corrected chi connectivity index (χ0v) is 9.22. The zero-order valence-electron chi connectivity index (χ0n) is 9.22. The average molecular weight is 248 g/mol. The standard InChI is InChI=1S/C10H16O7/c1-5(2-3-11)7(14)9(16)10(17)8(15)6(13)4-12/h2-3,6,8-10,12-13,15-17H,4H2,1H3/t6-,8-,9+,10+/m1/s1. The third-order valence-electron chi connectivity index (χ3n) is 2.23. The zero-order chi connectivity index (χ0) is 13.6. The van der Waals surface area contributed by atoms with Crippen molar-refractivity contribution in [3.05, 3.63) is 11.6 Å². The van der Waals surface area contributed by atoms with Crippen LogP contribution in [0.15, 0.2) is 11.6 Å². The molecular weight excluding hydrogens is 232 g/mol. The van der Waals surface area contributed by atoms with Crippen LogP contribution in [0.5, 0.6) is 0 Å². The smallest absolute Gasteiger partial charge is 0.189 e. The second-order valence-electron chi connectivity index (χ2n) is 3.53. The van der Waals surface area contributed by atoms with E-state index in [9.17, 15) is 24.9 Å². The van der Waals surface area contributed by atoms with Crippen molar-refractivity contribution in [3.8, 4) is 0 Å². The molecule has 17 heavy (non-hydrogen) atoms. The van der Waals surface area contributed by atoms with Crippen LogP contribution in [0, 0.1) is 0 Å². The quantitative estimate of drug-likeness (QED) is 0.241. The largest absolute Gasteiger partial charge is 0.394 e. The van der Waals surface area contributed by atoms with E-state index in [2.05, 4.69) is 0 Å². The average Bonchev–Trinajstić information content (AvgIpc) is 2.34. The van der Waals surface area contributed by atoms with Gasteiger partial charge in [-0.1, -0.05) is 0 Å². The number of carbonyl (C=O) groups excluding carboxylic acids is 2. The molecule has 0 aliphatic carbocycles. The number of aliphatic hydroxyl groups is 5. The topological polar surface area (TPSA) is 135 Å². The highest BCUT2D eigenvalue weighted by atomic mass is 16.4. The lowest BCUT2D eigenvalue weighted by Gasteiger charge is -2.24. The monoisotopic (exact) mass is 248 g/mol. The lowest BCUT2D eigenvalue weighted by atomic mass is 9.97. The first-order valence-corrected chi connectivity index (χ1v) is 4.86. The minimum Gasteiger partial charge on any atom is -0.394 e. The van der Waals surface area contributed by atoms with Crippen LogP contribution >= 0.6 is 0 Å². The van der Waals surface area contributed by atoms with Gasteiger partial charge < -0.3 is 25.5 Å². The van der Waals surface area contributed by atoms with Crippen LogP contribution in [0.2, 0.25) is 0 Å². The van der Waals surface area contributed by atoms with Gasteiger partial charge in [0.2, 0.25) is 0 Å². The Morgan fingerprint density at radius 3 is 2.12 bits per heavy atom. The molecule has 0 aromatic heterocycles. The third-order valence-corrected chi connectivity index (χ3v) is 2.23. The van der Waals surface area contributed by atoms with Crippen molar-refractivity contribution in [1.82, 2.24) is 0 Å². The van der Waals surface area contributed by atoms with Crippen LogP contribution < -0.4 is 0 Å². The van der Waals surface area contributed by atoms with Crippen LogP contribution in [0.1, 0.15) is 6.92 Å². The maximum Gasteiger partial charge on any atom is 0.189 e. The van der Waals surface area contributed by atoms with Gasteiger partial charge in [0.25, 0.3) is 0 Å². The number of allylic oxidation sites excluding steroid dienone is 1. The van der Waals surface area contributed by atoms with Gasteiger partial charge in [-0.15, -0.1) is 0 Å². The minimum atomic E-state index is -1.98. The molecule has 7 heteroatoms. The second kappa shape index (κ2) is 7.25. The van der Waals surface area contributed by atoms with Gasteiger partial charge in [0, 0.05) is 0 Å². The van der Waals surface area contributed by atoms with Gasteiger partial charge in [0.05, 0.1) is 6.61 Å². The summed E-state index contributed by atoms with van der Waals surface area (Å²) in [6, 6.07) is 0. The highest BCUT2D eigenvalue weighted by Gasteiger charge is 2.34. The summed E-state index contributed by atoms with van der Waals surface area (Å²) >= 11 is 0. The van der Waals surface area contributed by atoms with Crippen LogP contribution in [0.3, 0.4) is 0 Å². The molecule has 0 saturated heterocycles. The number of ketones is 1. The fourth-order valence-electron chi connectivity index (χ4n) is 1.09. The number of aldehydes is 1. The normalized spacial score (nSPS) is 19.3. The third kappa shape index (κ3) is 4.33. The Kier molecular flexibility index (Phi) is 6.78. The summed E-state index contributed by atoms with van der Waals surface area (Å²) in [6.07, 6.45) is -6.26. The van der Waals surface area contributed by atoms with E-state index in [1.807, 2.05) is 0 Å². The summed E-state index contributed by atoms with van der Waals surface area (Å²) in [5.41, 5.74) is -0.0998. The summed E-state index contributed by atoms with van der Waals surface area (Å²) in [4.78, 5) is 21.5. The predicted octanol–water partition coefficient (Wildman–Crippen LogP) is -2.86. The van der Waals surface area contributed by atoms with Crippen molar-refractivity contribution < 1.29 is 35.1 Å². The van der Waals surface area contributed by atoms with E-state index in [0.29, 0.717) is 6.29 Å². The first kappa shape index (κ1) is 15.9. The van der Waals surface area contributed by atoms with Crippen molar-refractivity contribution >= 4 is 12.1 Å². The Morgan fingerprint density at radius 2 is 1.71 bits per heavy atom. The van der Waals surface area contributed by atoms with Crippen molar-refractivity contribution in [1.29, 1.82) is 0 Å². The molecule has 0 fully saturated rings. The SMILES string of the molecule is CC(=CC=O)C(=O)[C@H](O)[C@@H](O)[C@H](O)[C@H](O)CO. The molecule has 4 atom stereocenters. The molecule has 0 aliphatic heterocycles. The molecule has 0 aliphatic rings. The summed E-state index contributed by atoms with van der Waals surface area (Å²) in [5, 5.41) is 45.6. The molecule has 0 aromatic rings. The van der Waals surface area contributed by atoms with Gasteiger partial charge in [-0.3, -0.25) is 9.59 Å². The van der Waals surface area contributed by atoms with Gasteiger partial charge in [0.1, 0.15) is 30.7 Å². The van der Waals surface area contributed by atoms with Gasteiger partial charge >= 0.3 is 0 Å². The van der Waals surface area contributed by atoms with Crippen molar-refractivity contribution in [3.63, 3.8) is 0 Å². The van der Waals surface area contributed by atoms with Crippen molar-refractivity contribution in [2.75, 3.05) is 6.61 Å². The number of hydrogen-bond donors (Lipinski definition) is 5. The summed E-state index contributed by atoms with van der Waals surface area (Å²) in [5.74, 6) is -0.950. The molecule has 98 valence electrons. The molecule has 0 heterocycles. The molecule has 0 bridgehead atoms. The van der Waals surface area contributed by atoms with E-state index in [4.69, 9.17) is 10.2 Å².